The third kappa shape index (κ3) is 3.87. The van der Waals surface area contributed by atoms with E-state index in [-0.39, 0.29) is 0 Å². The second-order valence-corrected chi connectivity index (χ2v) is 7.50. The number of rotatable bonds is 6. The van der Waals surface area contributed by atoms with Crippen molar-refractivity contribution in [2.75, 3.05) is 14.2 Å². The summed E-state index contributed by atoms with van der Waals surface area (Å²) in [5, 5.41) is 0. The predicted octanol–water partition coefficient (Wildman–Crippen LogP) is 2.55. The van der Waals surface area contributed by atoms with Crippen LogP contribution < -0.4 is 4.98 Å². The molecule has 0 radical (unpaired) electrons. The summed E-state index contributed by atoms with van der Waals surface area (Å²) in [4.78, 5) is 3.66. The average Bonchev–Trinajstić information content (AvgIpc) is 2.30. The van der Waals surface area contributed by atoms with Gasteiger partial charge in [0.05, 0.1) is 0 Å². The lowest BCUT2D eigenvalue weighted by Gasteiger charge is -2.33. The van der Waals surface area contributed by atoms with Gasteiger partial charge in [-0.15, -0.1) is 0 Å². The fourth-order valence-corrected chi connectivity index (χ4v) is 4.89. The fraction of sp³-hybridized carbons (Fsp3) is 1.00. The van der Waals surface area contributed by atoms with Crippen LogP contribution in [0.5, 0.6) is 0 Å². The Morgan fingerprint density at radius 1 is 1.13 bits per heavy atom. The molecule has 0 bridgehead atoms. The van der Waals surface area contributed by atoms with E-state index in [9.17, 15) is 0 Å². The van der Waals surface area contributed by atoms with Gasteiger partial charge in [0, 0.05) is 26.3 Å². The van der Waals surface area contributed by atoms with E-state index in [0.717, 1.165) is 12.5 Å². The van der Waals surface area contributed by atoms with Crippen molar-refractivity contribution in [2.45, 2.75) is 57.5 Å². The summed E-state index contributed by atoms with van der Waals surface area (Å²) < 4.78 is 11.3. The molecule has 0 amide bonds. The van der Waals surface area contributed by atoms with Crippen molar-refractivity contribution in [3.63, 3.8) is 0 Å². The minimum absolute atomic E-state index is 0.622. The molecular formula is C11H25NO2Si. The molecule has 0 unspecified atom stereocenters. The van der Waals surface area contributed by atoms with Gasteiger partial charge in [-0.1, -0.05) is 32.6 Å². The molecule has 1 N–H and O–H groups in total. The van der Waals surface area contributed by atoms with Gasteiger partial charge in [-0.25, -0.2) is 0 Å². The van der Waals surface area contributed by atoms with Crippen LogP contribution in [0.15, 0.2) is 0 Å². The van der Waals surface area contributed by atoms with E-state index in [1.54, 1.807) is 14.2 Å². The third-order valence-electron chi connectivity index (χ3n) is 3.27. The molecule has 15 heavy (non-hydrogen) atoms. The summed E-state index contributed by atoms with van der Waals surface area (Å²) in [6.07, 6.45) is 7.77. The minimum Gasteiger partial charge on any atom is -0.386 e. The van der Waals surface area contributed by atoms with Gasteiger partial charge in [-0.3, -0.25) is 4.98 Å². The fourth-order valence-electron chi connectivity index (χ4n) is 2.36. The lowest BCUT2D eigenvalue weighted by atomic mass is 9.96. The maximum absolute atomic E-state index is 5.64. The van der Waals surface area contributed by atoms with Crippen LogP contribution in [0.2, 0.25) is 6.04 Å². The van der Waals surface area contributed by atoms with E-state index in [1.165, 1.54) is 32.1 Å². The Labute approximate surface area is 94.9 Å². The zero-order valence-electron chi connectivity index (χ0n) is 10.3. The number of hydrogen-bond acceptors (Lipinski definition) is 3. The molecule has 1 saturated carbocycles. The SMILES string of the molecule is CCC[Si](NC1CCCCC1)(OC)OC. The highest BCUT2D eigenvalue weighted by Crippen LogP contribution is 2.21. The van der Waals surface area contributed by atoms with Gasteiger partial charge >= 0.3 is 8.72 Å². The Morgan fingerprint density at radius 3 is 2.20 bits per heavy atom. The van der Waals surface area contributed by atoms with Crippen molar-refractivity contribution < 1.29 is 8.85 Å². The van der Waals surface area contributed by atoms with Crippen LogP contribution in [0.25, 0.3) is 0 Å². The summed E-state index contributed by atoms with van der Waals surface area (Å²) in [7, 11) is 1.48. The number of hydrogen-bond donors (Lipinski definition) is 1. The van der Waals surface area contributed by atoms with Crippen molar-refractivity contribution in [1.82, 2.24) is 4.98 Å². The molecule has 1 fully saturated rings. The lowest BCUT2D eigenvalue weighted by Crippen LogP contribution is -2.58. The molecule has 0 heterocycles. The molecular weight excluding hydrogens is 206 g/mol. The van der Waals surface area contributed by atoms with E-state index in [4.69, 9.17) is 8.85 Å². The first kappa shape index (κ1) is 13.2. The Morgan fingerprint density at radius 2 is 1.73 bits per heavy atom. The molecule has 0 aliphatic heterocycles. The number of nitrogens with one attached hydrogen (secondary N) is 1. The monoisotopic (exact) mass is 231 g/mol. The normalized spacial score (nSPS) is 19.4. The molecule has 0 atom stereocenters. The van der Waals surface area contributed by atoms with Gasteiger partial charge in [0.2, 0.25) is 0 Å². The van der Waals surface area contributed by atoms with Crippen molar-refractivity contribution in [3.8, 4) is 0 Å². The second-order valence-electron chi connectivity index (χ2n) is 4.39. The summed E-state index contributed by atoms with van der Waals surface area (Å²) in [6, 6.07) is 1.66. The van der Waals surface area contributed by atoms with E-state index in [1.807, 2.05) is 0 Å². The Hall–Kier alpha value is 0.0969. The minimum atomic E-state index is -2.08. The zero-order chi connectivity index (χ0) is 11.1. The van der Waals surface area contributed by atoms with Crippen molar-refractivity contribution in [3.05, 3.63) is 0 Å². The van der Waals surface area contributed by atoms with Crippen molar-refractivity contribution in [1.29, 1.82) is 0 Å². The second kappa shape index (κ2) is 6.63. The zero-order valence-corrected chi connectivity index (χ0v) is 11.3. The highest BCUT2D eigenvalue weighted by Gasteiger charge is 2.37. The smallest absolute Gasteiger partial charge is 0.386 e. The maximum atomic E-state index is 5.64. The molecule has 1 aliphatic carbocycles. The highest BCUT2D eigenvalue weighted by atomic mass is 28.4. The lowest BCUT2D eigenvalue weighted by molar-refractivity contribution is 0.213. The van der Waals surface area contributed by atoms with Crippen molar-refractivity contribution in [2.24, 2.45) is 0 Å². The van der Waals surface area contributed by atoms with Gasteiger partial charge < -0.3 is 8.85 Å². The summed E-state index contributed by atoms with van der Waals surface area (Å²) in [6.45, 7) is 2.18. The van der Waals surface area contributed by atoms with Gasteiger partial charge in [0.15, 0.2) is 0 Å². The summed E-state index contributed by atoms with van der Waals surface area (Å²) >= 11 is 0. The molecule has 0 spiro atoms. The average molecular weight is 231 g/mol. The quantitative estimate of drug-likeness (QED) is 0.713. The van der Waals surface area contributed by atoms with E-state index >= 15 is 0 Å². The topological polar surface area (TPSA) is 30.5 Å². The van der Waals surface area contributed by atoms with Gasteiger partial charge in [-0.05, 0) is 12.8 Å². The van der Waals surface area contributed by atoms with Gasteiger partial charge in [0.1, 0.15) is 0 Å². The Bertz CT molecular complexity index is 168. The molecule has 0 aromatic carbocycles. The summed E-state index contributed by atoms with van der Waals surface area (Å²) in [5.41, 5.74) is 0. The van der Waals surface area contributed by atoms with Gasteiger partial charge in [-0.2, -0.15) is 0 Å². The molecule has 1 rings (SSSR count). The molecule has 0 aromatic rings. The Balaban J connectivity index is 2.47. The van der Waals surface area contributed by atoms with Crippen LogP contribution in [0.1, 0.15) is 45.4 Å². The molecule has 3 nitrogen and oxygen atoms in total. The van der Waals surface area contributed by atoms with Crippen LogP contribution >= 0.6 is 0 Å². The first-order valence-electron chi connectivity index (χ1n) is 6.14. The maximum Gasteiger partial charge on any atom is 0.424 e. The Kier molecular flexibility index (Phi) is 5.82. The van der Waals surface area contributed by atoms with Crippen LogP contribution in [0, 0.1) is 0 Å². The van der Waals surface area contributed by atoms with Crippen LogP contribution in [0.4, 0.5) is 0 Å². The van der Waals surface area contributed by atoms with Crippen LogP contribution in [-0.2, 0) is 8.85 Å². The molecule has 90 valence electrons. The third-order valence-corrected chi connectivity index (χ3v) is 6.59. The molecule has 0 aromatic heterocycles. The molecule has 4 heteroatoms. The first-order valence-corrected chi connectivity index (χ1v) is 8.16. The summed E-state index contributed by atoms with van der Waals surface area (Å²) in [5.74, 6) is 0. The van der Waals surface area contributed by atoms with Crippen molar-refractivity contribution >= 4 is 8.72 Å². The molecule has 1 aliphatic rings. The van der Waals surface area contributed by atoms with E-state index in [2.05, 4.69) is 11.9 Å². The van der Waals surface area contributed by atoms with E-state index < -0.39 is 8.72 Å². The molecule has 0 saturated heterocycles. The largest absolute Gasteiger partial charge is 0.424 e. The van der Waals surface area contributed by atoms with Crippen LogP contribution in [-0.4, -0.2) is 29.0 Å². The van der Waals surface area contributed by atoms with Gasteiger partial charge in [0.25, 0.3) is 0 Å². The van der Waals surface area contributed by atoms with E-state index in [0.29, 0.717) is 6.04 Å². The van der Waals surface area contributed by atoms with Crippen LogP contribution in [0.3, 0.4) is 0 Å². The highest BCUT2D eigenvalue weighted by molar-refractivity contribution is 6.64. The standard InChI is InChI=1S/C11H25NO2Si/c1-4-10-15(13-2,14-3)12-11-8-6-5-7-9-11/h11-12H,4-10H2,1-3H3. The predicted molar refractivity (Wildman–Crippen MR) is 64.9 cm³/mol. The first-order chi connectivity index (χ1) is 7.26.